The Kier molecular flexibility index (Phi) is 7.14. The average molecular weight is 570 g/mol. The number of carbonyl (C=O) groups is 1. The molecule has 1 aliphatic heterocycles. The van der Waals surface area contributed by atoms with Gasteiger partial charge in [-0.05, 0) is 56.5 Å². The number of halogens is 1. The SMILES string of the molecule is Cc1csc(C2CCCN2C(=O)c2cc(-c3cnccn3)cc(-c3nnc(C(C)(N)Cc4ccccc4F)o3)c2)n1. The number of hydrogen-bond donors (Lipinski definition) is 1. The summed E-state index contributed by atoms with van der Waals surface area (Å²) in [6, 6.07) is 11.8. The number of nitrogens with two attached hydrogens (primary N) is 1. The molecule has 6 rings (SSSR count). The lowest BCUT2D eigenvalue weighted by Gasteiger charge is -2.23. The third-order valence-corrected chi connectivity index (χ3v) is 8.21. The Morgan fingerprint density at radius 1 is 1.20 bits per heavy atom. The molecular weight excluding hydrogens is 541 g/mol. The van der Waals surface area contributed by atoms with Gasteiger partial charge in [0.05, 0.1) is 23.5 Å². The minimum absolute atomic E-state index is 0.0730. The first kappa shape index (κ1) is 26.9. The van der Waals surface area contributed by atoms with Crippen molar-refractivity contribution in [3.8, 4) is 22.7 Å². The highest BCUT2D eigenvalue weighted by Crippen LogP contribution is 2.36. The maximum Gasteiger partial charge on any atom is 0.254 e. The minimum Gasteiger partial charge on any atom is -0.419 e. The third-order valence-electron chi connectivity index (χ3n) is 7.15. The van der Waals surface area contributed by atoms with Crippen molar-refractivity contribution in [3.05, 3.63) is 100.0 Å². The fourth-order valence-electron chi connectivity index (χ4n) is 5.11. The minimum atomic E-state index is -1.12. The zero-order valence-electron chi connectivity index (χ0n) is 22.6. The number of likely N-dealkylation sites (tertiary alicyclic amines) is 1. The Labute approximate surface area is 240 Å². The van der Waals surface area contributed by atoms with Crippen LogP contribution in [0, 0.1) is 12.7 Å². The summed E-state index contributed by atoms with van der Waals surface area (Å²) in [5.74, 6) is -0.113. The summed E-state index contributed by atoms with van der Waals surface area (Å²) in [5.41, 5.74) is 9.10. The molecular formula is C30H28FN7O2S. The summed E-state index contributed by atoms with van der Waals surface area (Å²) in [6.45, 7) is 4.31. The van der Waals surface area contributed by atoms with Crippen molar-refractivity contribution in [2.75, 3.05) is 6.54 Å². The van der Waals surface area contributed by atoms with Crippen molar-refractivity contribution in [1.29, 1.82) is 0 Å². The van der Waals surface area contributed by atoms with Crippen molar-refractivity contribution < 1.29 is 13.6 Å². The summed E-state index contributed by atoms with van der Waals surface area (Å²) in [4.78, 5) is 29.1. The van der Waals surface area contributed by atoms with E-state index < -0.39 is 5.54 Å². The molecule has 208 valence electrons. The van der Waals surface area contributed by atoms with E-state index in [0.717, 1.165) is 23.5 Å². The molecule has 1 aliphatic rings. The van der Waals surface area contributed by atoms with Crippen LogP contribution in [0.1, 0.15) is 58.3 Å². The molecule has 4 heterocycles. The zero-order valence-corrected chi connectivity index (χ0v) is 23.4. The van der Waals surface area contributed by atoms with Crippen LogP contribution in [0.4, 0.5) is 4.39 Å². The summed E-state index contributed by atoms with van der Waals surface area (Å²) in [7, 11) is 0. The second-order valence-electron chi connectivity index (χ2n) is 10.5. The van der Waals surface area contributed by atoms with Crippen molar-refractivity contribution in [2.45, 2.75) is 44.7 Å². The number of benzene rings is 2. The fraction of sp³-hybridized carbons (Fsp3) is 0.267. The Hall–Kier alpha value is -4.35. The van der Waals surface area contributed by atoms with Crippen molar-refractivity contribution in [2.24, 2.45) is 5.73 Å². The van der Waals surface area contributed by atoms with E-state index in [1.54, 1.807) is 67.2 Å². The number of carbonyl (C=O) groups excluding carboxylic acids is 1. The van der Waals surface area contributed by atoms with E-state index in [2.05, 4.69) is 25.1 Å². The number of nitrogens with zero attached hydrogens (tertiary/aromatic N) is 6. The topological polar surface area (TPSA) is 124 Å². The van der Waals surface area contributed by atoms with Crippen molar-refractivity contribution in [1.82, 2.24) is 30.0 Å². The molecule has 2 atom stereocenters. The summed E-state index contributed by atoms with van der Waals surface area (Å²) in [6.07, 6.45) is 6.74. The maximum absolute atomic E-state index is 14.3. The lowest BCUT2D eigenvalue weighted by molar-refractivity contribution is 0.0735. The highest BCUT2D eigenvalue weighted by atomic mass is 32.1. The van der Waals surface area contributed by atoms with Gasteiger partial charge in [-0.3, -0.25) is 14.8 Å². The second kappa shape index (κ2) is 10.9. The van der Waals surface area contributed by atoms with Gasteiger partial charge in [0, 0.05) is 53.1 Å². The van der Waals surface area contributed by atoms with E-state index in [9.17, 15) is 9.18 Å². The van der Waals surface area contributed by atoms with Gasteiger partial charge >= 0.3 is 0 Å². The molecule has 2 aromatic carbocycles. The summed E-state index contributed by atoms with van der Waals surface area (Å²) < 4.78 is 20.4. The van der Waals surface area contributed by atoms with E-state index in [1.807, 2.05) is 23.3 Å². The van der Waals surface area contributed by atoms with E-state index in [0.29, 0.717) is 34.5 Å². The fourth-order valence-corrected chi connectivity index (χ4v) is 6.05. The first-order valence-electron chi connectivity index (χ1n) is 13.3. The molecule has 0 bridgehead atoms. The molecule has 11 heteroatoms. The van der Waals surface area contributed by atoms with E-state index in [1.165, 1.54) is 6.07 Å². The van der Waals surface area contributed by atoms with Crippen LogP contribution in [-0.2, 0) is 12.0 Å². The predicted octanol–water partition coefficient (Wildman–Crippen LogP) is 5.49. The third kappa shape index (κ3) is 5.50. The first-order chi connectivity index (χ1) is 19.8. The lowest BCUT2D eigenvalue weighted by atomic mass is 9.93. The molecule has 1 saturated heterocycles. The van der Waals surface area contributed by atoms with E-state index in [4.69, 9.17) is 10.2 Å². The second-order valence-corrected chi connectivity index (χ2v) is 11.4. The average Bonchev–Trinajstić information content (AvgIpc) is 3.75. The van der Waals surface area contributed by atoms with Crippen molar-refractivity contribution >= 4 is 17.2 Å². The Morgan fingerprint density at radius 2 is 2.02 bits per heavy atom. The van der Waals surface area contributed by atoms with Crippen LogP contribution in [0.2, 0.25) is 0 Å². The van der Waals surface area contributed by atoms with Crippen LogP contribution in [0.25, 0.3) is 22.7 Å². The normalized spacial score (nSPS) is 16.6. The molecule has 0 spiro atoms. The van der Waals surface area contributed by atoms with Crippen LogP contribution >= 0.6 is 11.3 Å². The van der Waals surface area contributed by atoms with Gasteiger partial charge in [-0.2, -0.15) is 0 Å². The molecule has 2 N–H and O–H groups in total. The van der Waals surface area contributed by atoms with Gasteiger partial charge in [-0.15, -0.1) is 21.5 Å². The number of thiazole rings is 1. The van der Waals surface area contributed by atoms with Crippen LogP contribution in [0.15, 0.2) is 70.9 Å². The molecule has 5 aromatic rings. The van der Waals surface area contributed by atoms with Gasteiger partial charge in [-0.25, -0.2) is 9.37 Å². The Bertz CT molecular complexity index is 1700. The van der Waals surface area contributed by atoms with Gasteiger partial charge in [0.25, 0.3) is 5.91 Å². The number of hydrogen-bond acceptors (Lipinski definition) is 9. The summed E-state index contributed by atoms with van der Waals surface area (Å²) in [5, 5.41) is 11.4. The largest absolute Gasteiger partial charge is 0.419 e. The highest BCUT2D eigenvalue weighted by molar-refractivity contribution is 7.09. The summed E-state index contributed by atoms with van der Waals surface area (Å²) >= 11 is 1.58. The number of rotatable bonds is 7. The Morgan fingerprint density at radius 3 is 2.78 bits per heavy atom. The smallest absolute Gasteiger partial charge is 0.254 e. The number of aromatic nitrogens is 5. The zero-order chi connectivity index (χ0) is 28.6. The first-order valence-corrected chi connectivity index (χ1v) is 14.2. The van der Waals surface area contributed by atoms with Gasteiger partial charge in [0.2, 0.25) is 11.8 Å². The molecule has 1 fully saturated rings. The molecule has 0 aliphatic carbocycles. The highest BCUT2D eigenvalue weighted by Gasteiger charge is 2.34. The van der Waals surface area contributed by atoms with Crippen LogP contribution in [-0.4, -0.2) is 42.5 Å². The van der Waals surface area contributed by atoms with E-state index >= 15 is 0 Å². The predicted molar refractivity (Wildman–Crippen MR) is 152 cm³/mol. The molecule has 1 amide bonds. The van der Waals surface area contributed by atoms with Crippen molar-refractivity contribution in [3.63, 3.8) is 0 Å². The molecule has 2 unspecified atom stereocenters. The van der Waals surface area contributed by atoms with Gasteiger partial charge in [0.1, 0.15) is 10.8 Å². The van der Waals surface area contributed by atoms with Gasteiger partial charge in [-0.1, -0.05) is 18.2 Å². The molecule has 9 nitrogen and oxygen atoms in total. The number of aryl methyl sites for hydroxylation is 1. The molecule has 0 radical (unpaired) electrons. The van der Waals surface area contributed by atoms with Crippen LogP contribution in [0.3, 0.4) is 0 Å². The number of amides is 1. The molecule has 41 heavy (non-hydrogen) atoms. The molecule has 3 aromatic heterocycles. The lowest BCUT2D eigenvalue weighted by Crippen LogP contribution is -2.36. The quantitative estimate of drug-likeness (QED) is 0.273. The van der Waals surface area contributed by atoms with Gasteiger partial charge in [0.15, 0.2) is 0 Å². The van der Waals surface area contributed by atoms with Crippen LogP contribution in [0.5, 0.6) is 0 Å². The monoisotopic (exact) mass is 569 g/mol. The van der Waals surface area contributed by atoms with Gasteiger partial charge < -0.3 is 15.1 Å². The standard InChI is InChI=1S/C30H28FN7O2S/c1-18-17-41-27(35-18)25-8-5-11-38(25)28(39)22-13-20(24-16-33-9-10-34-24)12-21(14-22)26-36-37-29(40-26)30(2,32)15-19-6-3-4-7-23(19)31/h3-4,6-7,9-10,12-14,16-17,25H,5,8,11,15,32H2,1-2H3. The molecule has 0 saturated carbocycles. The van der Waals surface area contributed by atoms with E-state index in [-0.39, 0.29) is 36.0 Å². The Balaban J connectivity index is 1.36. The van der Waals surface area contributed by atoms with Crippen LogP contribution < -0.4 is 5.73 Å². The maximum atomic E-state index is 14.3.